The maximum Gasteiger partial charge on any atom is 0.234 e. The summed E-state index contributed by atoms with van der Waals surface area (Å²) in [7, 11) is 0. The molecule has 27 heavy (non-hydrogen) atoms. The average molecular weight is 355 g/mol. The van der Waals surface area contributed by atoms with Crippen molar-refractivity contribution in [3.05, 3.63) is 83.9 Å². The van der Waals surface area contributed by atoms with Crippen molar-refractivity contribution in [1.29, 1.82) is 0 Å². The van der Waals surface area contributed by atoms with Crippen LogP contribution in [0, 0.1) is 29.1 Å². The summed E-state index contributed by atoms with van der Waals surface area (Å²) < 4.78 is 0. The summed E-state index contributed by atoms with van der Waals surface area (Å²) in [6, 6.07) is 20.4. The molecule has 2 saturated carbocycles. The molecule has 1 heterocycles. The molecular formula is C24H21NO2. The topological polar surface area (TPSA) is 37.4 Å². The van der Waals surface area contributed by atoms with E-state index in [2.05, 4.69) is 36.4 Å². The minimum atomic E-state index is -0.148. The summed E-state index contributed by atoms with van der Waals surface area (Å²) >= 11 is 0. The molecule has 3 nitrogen and oxygen atoms in total. The van der Waals surface area contributed by atoms with E-state index in [1.54, 1.807) is 0 Å². The average Bonchev–Trinajstić information content (AvgIpc) is 3.21. The van der Waals surface area contributed by atoms with Gasteiger partial charge in [-0.05, 0) is 40.7 Å². The van der Waals surface area contributed by atoms with Crippen LogP contribution >= 0.6 is 0 Å². The Morgan fingerprint density at radius 1 is 0.815 bits per heavy atom. The van der Waals surface area contributed by atoms with Gasteiger partial charge in [0.2, 0.25) is 11.8 Å². The highest BCUT2D eigenvalue weighted by atomic mass is 16.2. The van der Waals surface area contributed by atoms with Crippen LogP contribution in [0.15, 0.2) is 72.8 Å². The van der Waals surface area contributed by atoms with Gasteiger partial charge in [-0.15, -0.1) is 0 Å². The number of allylic oxidation sites excluding steroid dienone is 2. The molecule has 3 heteroatoms. The number of fused-ring (bicyclic) bond motifs is 3. The van der Waals surface area contributed by atoms with Crippen molar-refractivity contribution in [1.82, 2.24) is 4.90 Å². The zero-order valence-corrected chi connectivity index (χ0v) is 15.0. The van der Waals surface area contributed by atoms with Crippen LogP contribution in [-0.2, 0) is 16.1 Å². The van der Waals surface area contributed by atoms with E-state index in [1.807, 2.05) is 36.4 Å². The third-order valence-electron chi connectivity index (χ3n) is 7.46. The second kappa shape index (κ2) is 5.19. The molecule has 4 aliphatic rings. The Labute approximate surface area is 158 Å². The molecule has 2 aromatic rings. The Bertz CT molecular complexity index is 932. The maximum atomic E-state index is 13.2. The number of carbonyl (C=O) groups excluding carboxylic acids is 2. The third kappa shape index (κ3) is 1.87. The number of hydrogen-bond donors (Lipinski definition) is 0. The lowest BCUT2D eigenvalue weighted by Crippen LogP contribution is -2.34. The molecule has 1 spiro atoms. The molecule has 134 valence electrons. The molecule has 1 unspecified atom stereocenters. The van der Waals surface area contributed by atoms with Crippen LogP contribution in [0.3, 0.4) is 0 Å². The van der Waals surface area contributed by atoms with Crippen LogP contribution in [-0.4, -0.2) is 16.7 Å². The van der Waals surface area contributed by atoms with E-state index >= 15 is 0 Å². The Kier molecular flexibility index (Phi) is 2.96. The van der Waals surface area contributed by atoms with Crippen molar-refractivity contribution in [3.63, 3.8) is 0 Å². The molecule has 6 rings (SSSR count). The molecule has 3 fully saturated rings. The fourth-order valence-electron chi connectivity index (χ4n) is 6.32. The molecule has 2 aromatic carbocycles. The number of likely N-dealkylation sites (tertiary alicyclic amines) is 1. The van der Waals surface area contributed by atoms with Crippen LogP contribution in [0.5, 0.6) is 0 Å². The largest absolute Gasteiger partial charge is 0.278 e. The summed E-state index contributed by atoms with van der Waals surface area (Å²) in [6.07, 6.45) is 5.59. The predicted octanol–water partition coefficient (Wildman–Crippen LogP) is 3.78. The van der Waals surface area contributed by atoms with Crippen molar-refractivity contribution in [3.8, 4) is 0 Å². The van der Waals surface area contributed by atoms with Crippen LogP contribution in [0.25, 0.3) is 0 Å². The zero-order chi connectivity index (χ0) is 18.2. The number of benzene rings is 2. The molecule has 3 aliphatic carbocycles. The van der Waals surface area contributed by atoms with Crippen molar-refractivity contribution in [2.45, 2.75) is 18.9 Å². The Hall–Kier alpha value is -2.68. The molecule has 0 aromatic heterocycles. The van der Waals surface area contributed by atoms with Gasteiger partial charge in [0.05, 0.1) is 18.4 Å². The van der Waals surface area contributed by atoms with Gasteiger partial charge < -0.3 is 0 Å². The van der Waals surface area contributed by atoms with Crippen LogP contribution in [0.1, 0.15) is 23.5 Å². The van der Waals surface area contributed by atoms with E-state index in [0.717, 1.165) is 12.0 Å². The van der Waals surface area contributed by atoms with Gasteiger partial charge in [0.15, 0.2) is 0 Å². The highest BCUT2D eigenvalue weighted by molar-refractivity contribution is 6.06. The first-order valence-corrected chi connectivity index (χ1v) is 9.84. The first-order valence-electron chi connectivity index (χ1n) is 9.84. The molecule has 1 aliphatic heterocycles. The second-order valence-electron chi connectivity index (χ2n) is 8.52. The zero-order valence-electron chi connectivity index (χ0n) is 15.0. The monoisotopic (exact) mass is 355 g/mol. The van der Waals surface area contributed by atoms with E-state index in [0.29, 0.717) is 12.5 Å². The Balaban J connectivity index is 1.31. The molecule has 0 N–H and O–H groups in total. The lowest BCUT2D eigenvalue weighted by Gasteiger charge is -2.23. The van der Waals surface area contributed by atoms with Crippen LogP contribution in [0.4, 0.5) is 0 Å². The fourth-order valence-corrected chi connectivity index (χ4v) is 6.32. The minimum absolute atomic E-state index is 0.0452. The fraction of sp³-hybridized carbons (Fsp3) is 0.333. The summed E-state index contributed by atoms with van der Waals surface area (Å²) in [5.41, 5.74) is 2.49. The van der Waals surface area contributed by atoms with Crippen LogP contribution in [0.2, 0.25) is 0 Å². The van der Waals surface area contributed by atoms with E-state index in [9.17, 15) is 9.59 Å². The molecule has 1 saturated heterocycles. The lowest BCUT2D eigenvalue weighted by molar-refractivity contribution is -0.141. The Morgan fingerprint density at radius 3 is 1.96 bits per heavy atom. The molecule has 0 radical (unpaired) electrons. The Morgan fingerprint density at radius 2 is 1.37 bits per heavy atom. The quantitative estimate of drug-likeness (QED) is 0.621. The van der Waals surface area contributed by atoms with Gasteiger partial charge in [-0.1, -0.05) is 72.8 Å². The van der Waals surface area contributed by atoms with E-state index in [4.69, 9.17) is 0 Å². The van der Waals surface area contributed by atoms with Gasteiger partial charge in [0, 0.05) is 0 Å². The van der Waals surface area contributed by atoms with Crippen LogP contribution < -0.4 is 0 Å². The predicted molar refractivity (Wildman–Crippen MR) is 101 cm³/mol. The van der Waals surface area contributed by atoms with Crippen molar-refractivity contribution in [2.24, 2.45) is 29.1 Å². The van der Waals surface area contributed by atoms with E-state index in [1.165, 1.54) is 10.5 Å². The molecule has 2 amide bonds. The molecule has 6 atom stereocenters. The van der Waals surface area contributed by atoms with Gasteiger partial charge in [-0.25, -0.2) is 0 Å². The van der Waals surface area contributed by atoms with Gasteiger partial charge in [0.25, 0.3) is 0 Å². The molecular weight excluding hydrogens is 334 g/mol. The standard InChI is InChI=1S/C24H21NO2/c26-22-20-17-11-12-18(24(17)13-19(24)16-9-5-2-6-10-16)21(20)23(27)25(22)14-15-7-3-1-4-8-15/h1-12,17-21H,13-14H2/t17-,18+,19-,20-,21+,24?/m1/s1. The summed E-state index contributed by atoms with van der Waals surface area (Å²) in [5, 5.41) is 0. The van der Waals surface area contributed by atoms with E-state index in [-0.39, 0.29) is 40.9 Å². The summed E-state index contributed by atoms with van der Waals surface area (Å²) in [5.74, 6) is 0.713. The second-order valence-corrected chi connectivity index (χ2v) is 8.52. The number of nitrogens with zero attached hydrogens (tertiary/aromatic N) is 1. The van der Waals surface area contributed by atoms with Gasteiger partial charge >= 0.3 is 0 Å². The first-order chi connectivity index (χ1) is 13.2. The van der Waals surface area contributed by atoms with Crippen molar-refractivity contribution in [2.75, 3.05) is 0 Å². The summed E-state index contributed by atoms with van der Waals surface area (Å²) in [6.45, 7) is 0.403. The van der Waals surface area contributed by atoms with Gasteiger partial charge in [-0.2, -0.15) is 0 Å². The number of imide groups is 1. The number of carbonyl (C=O) groups is 2. The van der Waals surface area contributed by atoms with Gasteiger partial charge in [0.1, 0.15) is 0 Å². The van der Waals surface area contributed by atoms with Gasteiger partial charge in [-0.3, -0.25) is 14.5 Å². The lowest BCUT2D eigenvalue weighted by atomic mass is 9.85. The van der Waals surface area contributed by atoms with Crippen molar-refractivity contribution < 1.29 is 9.59 Å². The van der Waals surface area contributed by atoms with Crippen molar-refractivity contribution >= 4 is 11.8 Å². The molecule has 2 bridgehead atoms. The smallest absolute Gasteiger partial charge is 0.234 e. The normalized spacial score (nSPS) is 38.1. The SMILES string of the molecule is O=C1[C@@H]2[C@H](C(=O)N1Cc1ccccc1)[C@H]1C=C[C@@H]2C12C[C@@H]2c1ccccc1. The number of rotatable bonds is 3. The summed E-state index contributed by atoms with van der Waals surface area (Å²) in [4.78, 5) is 28.0. The highest BCUT2D eigenvalue weighted by Crippen LogP contribution is 2.79. The third-order valence-corrected chi connectivity index (χ3v) is 7.46. The number of amides is 2. The first kappa shape index (κ1) is 15.4. The van der Waals surface area contributed by atoms with E-state index < -0.39 is 0 Å². The highest BCUT2D eigenvalue weighted by Gasteiger charge is 2.77. The maximum absolute atomic E-state index is 13.2. The number of hydrogen-bond acceptors (Lipinski definition) is 2. The minimum Gasteiger partial charge on any atom is -0.278 e.